The van der Waals surface area contributed by atoms with Crippen molar-refractivity contribution in [1.29, 1.82) is 0 Å². The molecule has 6 heteroatoms. The molecule has 0 fully saturated rings. The number of aromatic nitrogens is 2. The summed E-state index contributed by atoms with van der Waals surface area (Å²) in [6.45, 7) is 0. The van der Waals surface area contributed by atoms with Crippen LogP contribution in [0.25, 0.3) is 5.69 Å². The van der Waals surface area contributed by atoms with Crippen molar-refractivity contribution in [2.24, 2.45) is 0 Å². The van der Waals surface area contributed by atoms with Gasteiger partial charge < -0.3 is 10.1 Å². The maximum absolute atomic E-state index is 6.04. The van der Waals surface area contributed by atoms with Gasteiger partial charge in [-0.15, -0.1) is 0 Å². The van der Waals surface area contributed by atoms with Crippen LogP contribution in [0.15, 0.2) is 53.8 Å². The zero-order valence-electron chi connectivity index (χ0n) is 10.9. The van der Waals surface area contributed by atoms with Gasteiger partial charge in [0.1, 0.15) is 6.10 Å². The van der Waals surface area contributed by atoms with E-state index in [0.29, 0.717) is 0 Å². The van der Waals surface area contributed by atoms with Gasteiger partial charge in [-0.05, 0) is 23.8 Å². The first-order chi connectivity index (χ1) is 9.78. The van der Waals surface area contributed by atoms with Crippen molar-refractivity contribution >= 4 is 23.4 Å². The monoisotopic (exact) mass is 307 g/mol. The molecule has 0 saturated heterocycles. The molecule has 0 spiro atoms. The molecule has 0 radical (unpaired) electrons. The Morgan fingerprint density at radius 3 is 3.00 bits per heavy atom. The van der Waals surface area contributed by atoms with Gasteiger partial charge in [0, 0.05) is 30.6 Å². The highest BCUT2D eigenvalue weighted by molar-refractivity contribution is 8.05. The zero-order chi connectivity index (χ0) is 13.9. The lowest BCUT2D eigenvalue weighted by Crippen LogP contribution is -2.06. The third kappa shape index (κ3) is 2.70. The second-order valence-corrected chi connectivity index (χ2v) is 6.18. The molecule has 2 aromatic rings. The number of halogens is 1. The lowest BCUT2D eigenvalue weighted by molar-refractivity contribution is 0.140. The van der Waals surface area contributed by atoms with Gasteiger partial charge in [-0.1, -0.05) is 35.5 Å². The summed E-state index contributed by atoms with van der Waals surface area (Å²) in [7, 11) is 1.70. The summed E-state index contributed by atoms with van der Waals surface area (Å²) in [5.74, 6) is 0. The van der Waals surface area contributed by atoms with Gasteiger partial charge >= 0.3 is 0 Å². The Kier molecular flexibility index (Phi) is 4.00. The second kappa shape index (κ2) is 5.91. The molecule has 104 valence electrons. The predicted molar refractivity (Wildman–Crippen MR) is 81.8 cm³/mol. The fourth-order valence-electron chi connectivity index (χ4n) is 2.14. The van der Waals surface area contributed by atoms with E-state index < -0.39 is 0 Å². The quantitative estimate of drug-likeness (QED) is 0.695. The number of thioether (sulfide) groups is 1. The third-order valence-corrected chi connectivity index (χ3v) is 4.37. The third-order valence-electron chi connectivity index (χ3n) is 3.03. The molecule has 1 aromatic heterocycles. The molecule has 2 atom stereocenters. The van der Waals surface area contributed by atoms with E-state index in [1.165, 1.54) is 0 Å². The first-order valence-corrected chi connectivity index (χ1v) is 7.49. The van der Waals surface area contributed by atoms with Crippen LogP contribution in [0.4, 0.5) is 0 Å². The van der Waals surface area contributed by atoms with Gasteiger partial charge in [-0.2, -0.15) is 5.10 Å². The average Bonchev–Trinajstić information content (AvgIpc) is 3.12. The van der Waals surface area contributed by atoms with Crippen molar-refractivity contribution in [3.8, 4) is 5.69 Å². The maximum atomic E-state index is 6.04. The Hall–Kier alpha value is -1.43. The molecule has 0 amide bonds. The first-order valence-electron chi connectivity index (χ1n) is 6.17. The minimum atomic E-state index is -0.128. The van der Waals surface area contributed by atoms with Crippen LogP contribution in [0, 0.1) is 0 Å². The minimum Gasteiger partial charge on any atom is -0.371 e. The summed E-state index contributed by atoms with van der Waals surface area (Å²) < 4.78 is 7.45. The summed E-state index contributed by atoms with van der Waals surface area (Å²) in [6, 6.07) is 10.0. The fourth-order valence-corrected chi connectivity index (χ4v) is 3.38. The molecule has 1 aliphatic rings. The summed E-state index contributed by atoms with van der Waals surface area (Å²) in [6.07, 6.45) is 5.47. The van der Waals surface area contributed by atoms with Gasteiger partial charge in [0.25, 0.3) is 0 Å². The molecule has 4 nitrogen and oxygen atoms in total. The Labute approximate surface area is 126 Å². The van der Waals surface area contributed by atoms with E-state index in [1.54, 1.807) is 25.1 Å². The van der Waals surface area contributed by atoms with Crippen LogP contribution in [-0.2, 0) is 4.74 Å². The van der Waals surface area contributed by atoms with Crippen LogP contribution in [0.1, 0.15) is 11.7 Å². The number of hydrogen-bond donors (Lipinski definition) is 1. The lowest BCUT2D eigenvalue weighted by Gasteiger charge is -2.17. The van der Waals surface area contributed by atoms with E-state index in [9.17, 15) is 0 Å². The number of methoxy groups -OCH3 is 1. The second-order valence-electron chi connectivity index (χ2n) is 4.31. The van der Waals surface area contributed by atoms with Crippen LogP contribution in [0.5, 0.6) is 0 Å². The number of nitrogens with one attached hydrogen (secondary N) is 1. The minimum absolute atomic E-state index is 0.119. The molecule has 2 unspecified atom stereocenters. The van der Waals surface area contributed by atoms with Crippen LogP contribution >= 0.6 is 23.4 Å². The summed E-state index contributed by atoms with van der Waals surface area (Å²) in [4.78, 5) is 0.946. The topological polar surface area (TPSA) is 39.1 Å². The largest absolute Gasteiger partial charge is 0.371 e. The van der Waals surface area contributed by atoms with E-state index >= 15 is 0 Å². The van der Waals surface area contributed by atoms with E-state index in [0.717, 1.165) is 16.2 Å². The summed E-state index contributed by atoms with van der Waals surface area (Å²) in [5.41, 5.74) is 2.08. The van der Waals surface area contributed by atoms with Gasteiger partial charge in [0.05, 0.1) is 5.69 Å². The van der Waals surface area contributed by atoms with E-state index in [2.05, 4.69) is 16.5 Å². The number of benzene rings is 1. The molecule has 0 bridgehead atoms. The average molecular weight is 308 g/mol. The summed E-state index contributed by atoms with van der Waals surface area (Å²) in [5, 5.41) is 7.31. The normalized spacial score (nSPS) is 19.5. The highest BCUT2D eigenvalue weighted by Crippen LogP contribution is 2.39. The SMILES string of the molecule is COC(C1=CNC(Cl)S1)c1cccc(-n2cccn2)c1. The fraction of sp³-hybridized carbons (Fsp3) is 0.214. The molecule has 0 saturated carbocycles. The van der Waals surface area contributed by atoms with E-state index in [1.807, 2.05) is 41.3 Å². The standard InChI is InChI=1S/C14H14ClN3OS/c1-19-13(12-9-16-14(15)20-12)10-4-2-5-11(8-10)18-7-3-6-17-18/h2-9,13-14,16H,1H3. The van der Waals surface area contributed by atoms with Crippen molar-refractivity contribution in [1.82, 2.24) is 15.1 Å². The van der Waals surface area contributed by atoms with E-state index in [-0.39, 0.29) is 10.9 Å². The van der Waals surface area contributed by atoms with Gasteiger partial charge in [0.2, 0.25) is 0 Å². The molecule has 1 aliphatic heterocycles. The van der Waals surface area contributed by atoms with Gasteiger partial charge in [-0.25, -0.2) is 4.68 Å². The van der Waals surface area contributed by atoms with Crippen LogP contribution in [-0.4, -0.2) is 21.7 Å². The number of hydrogen-bond acceptors (Lipinski definition) is 4. The molecule has 2 heterocycles. The highest BCUT2D eigenvalue weighted by Gasteiger charge is 2.24. The van der Waals surface area contributed by atoms with Crippen molar-refractivity contribution in [3.05, 3.63) is 59.4 Å². The predicted octanol–water partition coefficient (Wildman–Crippen LogP) is 3.26. The Balaban J connectivity index is 1.91. The molecular formula is C14H14ClN3OS. The molecule has 3 rings (SSSR count). The lowest BCUT2D eigenvalue weighted by atomic mass is 10.1. The Morgan fingerprint density at radius 1 is 1.45 bits per heavy atom. The van der Waals surface area contributed by atoms with Crippen molar-refractivity contribution in [2.75, 3.05) is 7.11 Å². The zero-order valence-corrected chi connectivity index (χ0v) is 12.4. The molecular weight excluding hydrogens is 294 g/mol. The smallest absolute Gasteiger partial charge is 0.152 e. The van der Waals surface area contributed by atoms with Gasteiger partial charge in [0.15, 0.2) is 4.83 Å². The van der Waals surface area contributed by atoms with Crippen LogP contribution in [0.2, 0.25) is 0 Å². The van der Waals surface area contributed by atoms with Crippen molar-refractivity contribution in [3.63, 3.8) is 0 Å². The van der Waals surface area contributed by atoms with Crippen LogP contribution in [0.3, 0.4) is 0 Å². The Bertz CT molecular complexity index is 615. The molecule has 20 heavy (non-hydrogen) atoms. The molecule has 1 aromatic carbocycles. The molecule has 0 aliphatic carbocycles. The Morgan fingerprint density at radius 2 is 2.35 bits per heavy atom. The number of nitrogens with zero attached hydrogens (tertiary/aromatic N) is 2. The van der Waals surface area contributed by atoms with Crippen LogP contribution < -0.4 is 5.32 Å². The van der Waals surface area contributed by atoms with Crippen molar-refractivity contribution < 1.29 is 4.74 Å². The highest BCUT2D eigenvalue weighted by atomic mass is 35.5. The summed E-state index contributed by atoms with van der Waals surface area (Å²) >= 11 is 7.60. The number of rotatable bonds is 4. The van der Waals surface area contributed by atoms with E-state index in [4.69, 9.17) is 16.3 Å². The number of alkyl halides is 1. The maximum Gasteiger partial charge on any atom is 0.152 e. The number of ether oxygens (including phenoxy) is 1. The molecule has 1 N–H and O–H groups in total. The first kappa shape index (κ1) is 13.5. The van der Waals surface area contributed by atoms with Gasteiger partial charge in [-0.3, -0.25) is 0 Å². The van der Waals surface area contributed by atoms with Crippen molar-refractivity contribution in [2.45, 2.75) is 10.9 Å².